The summed E-state index contributed by atoms with van der Waals surface area (Å²) in [5.41, 5.74) is 4.45. The monoisotopic (exact) mass is 249 g/mol. The van der Waals surface area contributed by atoms with Crippen LogP contribution in [0.1, 0.15) is 49.4 Å². The van der Waals surface area contributed by atoms with Gasteiger partial charge in [-0.1, -0.05) is 26.0 Å². The molecule has 0 fully saturated rings. The summed E-state index contributed by atoms with van der Waals surface area (Å²) in [7, 11) is 0. The maximum atomic E-state index is 3.74. The van der Waals surface area contributed by atoms with E-state index in [0.717, 1.165) is 6.54 Å². The van der Waals surface area contributed by atoms with Crippen molar-refractivity contribution in [3.63, 3.8) is 0 Å². The van der Waals surface area contributed by atoms with Crippen LogP contribution >= 0.6 is 11.8 Å². The van der Waals surface area contributed by atoms with Crippen molar-refractivity contribution < 1.29 is 0 Å². The normalized spacial score (nSPS) is 22.8. The van der Waals surface area contributed by atoms with Crippen molar-refractivity contribution >= 4 is 11.8 Å². The molecule has 0 radical (unpaired) electrons. The predicted molar refractivity (Wildman–Crippen MR) is 76.9 cm³/mol. The molecule has 1 aromatic rings. The fourth-order valence-corrected chi connectivity index (χ4v) is 4.11. The molecule has 0 aliphatic carbocycles. The van der Waals surface area contributed by atoms with Crippen molar-refractivity contribution in [1.82, 2.24) is 5.32 Å². The van der Waals surface area contributed by atoms with E-state index in [1.165, 1.54) is 28.9 Å². The van der Waals surface area contributed by atoms with E-state index in [2.05, 4.69) is 56.9 Å². The highest BCUT2D eigenvalue weighted by Gasteiger charge is 2.33. The third-order valence-corrected chi connectivity index (χ3v) is 5.27. The Hall–Kier alpha value is -0.470. The molecule has 1 aromatic carbocycles. The maximum Gasteiger partial charge on any atom is 0.0457 e. The Balaban J connectivity index is 2.36. The van der Waals surface area contributed by atoms with E-state index in [1.807, 2.05) is 0 Å². The second kappa shape index (κ2) is 5.45. The van der Waals surface area contributed by atoms with Crippen LogP contribution in [-0.2, 0) is 0 Å². The summed E-state index contributed by atoms with van der Waals surface area (Å²) in [6.45, 7) is 10.1. The van der Waals surface area contributed by atoms with Crippen molar-refractivity contribution in [3.8, 4) is 0 Å². The van der Waals surface area contributed by atoms with Crippen LogP contribution in [0, 0.1) is 13.8 Å². The van der Waals surface area contributed by atoms with Crippen LogP contribution in [0.3, 0.4) is 0 Å². The predicted octanol–water partition coefficient (Wildman–Crippen LogP) is 4.23. The number of fused-ring (bicyclic) bond motifs is 1. The molecule has 2 atom stereocenters. The van der Waals surface area contributed by atoms with Crippen LogP contribution in [0.25, 0.3) is 0 Å². The summed E-state index contributed by atoms with van der Waals surface area (Å²) >= 11 is 2.07. The van der Waals surface area contributed by atoms with E-state index in [9.17, 15) is 0 Å². The molecule has 2 unspecified atom stereocenters. The van der Waals surface area contributed by atoms with Gasteiger partial charge in [0.25, 0.3) is 0 Å². The van der Waals surface area contributed by atoms with Gasteiger partial charge in [0.1, 0.15) is 0 Å². The molecule has 0 saturated carbocycles. The minimum atomic E-state index is 0.555. The average molecular weight is 249 g/mol. The molecule has 17 heavy (non-hydrogen) atoms. The number of hydrogen-bond donors (Lipinski definition) is 1. The van der Waals surface area contributed by atoms with Crippen molar-refractivity contribution in [2.75, 3.05) is 6.54 Å². The molecular formula is C15H23NS. The molecular weight excluding hydrogens is 226 g/mol. The molecule has 0 aromatic heterocycles. The molecule has 2 heteroatoms. The van der Waals surface area contributed by atoms with E-state index < -0.39 is 0 Å². The molecule has 1 heterocycles. The topological polar surface area (TPSA) is 12.0 Å². The number of benzene rings is 1. The molecule has 0 amide bonds. The van der Waals surface area contributed by atoms with Crippen molar-refractivity contribution in [3.05, 3.63) is 28.8 Å². The number of aryl methyl sites for hydroxylation is 2. The zero-order valence-corrected chi connectivity index (χ0v) is 12.2. The maximum absolute atomic E-state index is 3.74. The van der Waals surface area contributed by atoms with Gasteiger partial charge in [-0.05, 0) is 49.9 Å². The largest absolute Gasteiger partial charge is 0.309 e. The van der Waals surface area contributed by atoms with E-state index in [-0.39, 0.29) is 0 Å². The molecule has 0 spiro atoms. The Bertz CT molecular complexity index is 400. The quantitative estimate of drug-likeness (QED) is 0.857. The summed E-state index contributed by atoms with van der Waals surface area (Å²) in [6.07, 6.45) is 2.44. The van der Waals surface area contributed by atoms with E-state index >= 15 is 0 Å². The molecule has 1 nitrogen and oxygen atoms in total. The van der Waals surface area contributed by atoms with Gasteiger partial charge in [0, 0.05) is 16.2 Å². The van der Waals surface area contributed by atoms with Gasteiger partial charge in [0.15, 0.2) is 0 Å². The van der Waals surface area contributed by atoms with Gasteiger partial charge in [-0.2, -0.15) is 0 Å². The van der Waals surface area contributed by atoms with Gasteiger partial charge in [-0.25, -0.2) is 0 Å². The third kappa shape index (κ3) is 2.38. The lowest BCUT2D eigenvalue weighted by atomic mass is 9.96. The second-order valence-corrected chi connectivity index (χ2v) is 6.19. The summed E-state index contributed by atoms with van der Waals surface area (Å²) < 4.78 is 0. The average Bonchev–Trinajstić information content (AvgIpc) is 2.71. The van der Waals surface area contributed by atoms with Crippen LogP contribution in [0.4, 0.5) is 0 Å². The number of hydrogen-bond acceptors (Lipinski definition) is 2. The first kappa shape index (κ1) is 13.0. The van der Waals surface area contributed by atoms with Gasteiger partial charge >= 0.3 is 0 Å². The SMILES string of the molecule is CCCNC1c2c(C)ccc(C)c2SC1CC. The number of thioether (sulfide) groups is 1. The lowest BCUT2D eigenvalue weighted by Gasteiger charge is -2.20. The zero-order valence-electron chi connectivity index (χ0n) is 11.3. The van der Waals surface area contributed by atoms with Crippen LogP contribution in [0.15, 0.2) is 17.0 Å². The molecule has 1 aliphatic heterocycles. The molecule has 2 rings (SSSR count). The van der Waals surface area contributed by atoms with Crippen LogP contribution < -0.4 is 5.32 Å². The molecule has 1 N–H and O–H groups in total. The smallest absolute Gasteiger partial charge is 0.0457 e. The van der Waals surface area contributed by atoms with Gasteiger partial charge in [-0.15, -0.1) is 11.8 Å². The third-order valence-electron chi connectivity index (χ3n) is 3.58. The Morgan fingerprint density at radius 2 is 1.88 bits per heavy atom. The van der Waals surface area contributed by atoms with Crippen molar-refractivity contribution in [2.45, 2.75) is 56.7 Å². The number of rotatable bonds is 4. The van der Waals surface area contributed by atoms with Crippen molar-refractivity contribution in [2.24, 2.45) is 0 Å². The van der Waals surface area contributed by atoms with Gasteiger partial charge < -0.3 is 5.32 Å². The molecule has 1 aliphatic rings. The first-order valence-corrected chi connectivity index (χ1v) is 7.57. The van der Waals surface area contributed by atoms with Crippen LogP contribution in [-0.4, -0.2) is 11.8 Å². The number of nitrogens with one attached hydrogen (secondary N) is 1. The molecule has 94 valence electrons. The fraction of sp³-hybridized carbons (Fsp3) is 0.600. The van der Waals surface area contributed by atoms with Gasteiger partial charge in [-0.3, -0.25) is 0 Å². The minimum Gasteiger partial charge on any atom is -0.309 e. The van der Waals surface area contributed by atoms with Crippen LogP contribution in [0.2, 0.25) is 0 Å². The highest BCUT2D eigenvalue weighted by molar-refractivity contribution is 8.00. The molecule has 0 bridgehead atoms. The van der Waals surface area contributed by atoms with E-state index in [4.69, 9.17) is 0 Å². The lowest BCUT2D eigenvalue weighted by molar-refractivity contribution is 0.508. The lowest BCUT2D eigenvalue weighted by Crippen LogP contribution is -2.28. The summed E-state index contributed by atoms with van der Waals surface area (Å²) in [4.78, 5) is 1.53. The van der Waals surface area contributed by atoms with E-state index in [1.54, 1.807) is 5.56 Å². The fourth-order valence-electron chi connectivity index (χ4n) is 2.61. The Morgan fingerprint density at radius 3 is 2.53 bits per heavy atom. The van der Waals surface area contributed by atoms with Crippen molar-refractivity contribution in [1.29, 1.82) is 0 Å². The summed E-state index contributed by atoms with van der Waals surface area (Å²) in [6, 6.07) is 5.09. The summed E-state index contributed by atoms with van der Waals surface area (Å²) in [5.74, 6) is 0. The van der Waals surface area contributed by atoms with Gasteiger partial charge in [0.05, 0.1) is 0 Å². The zero-order chi connectivity index (χ0) is 12.4. The standard InChI is InChI=1S/C15H23NS/c1-5-9-16-14-12(6-2)17-15-11(4)8-7-10(3)13(14)15/h7-8,12,14,16H,5-6,9H2,1-4H3. The van der Waals surface area contributed by atoms with Crippen LogP contribution in [0.5, 0.6) is 0 Å². The Labute approximate surface area is 109 Å². The first-order chi connectivity index (χ1) is 8.19. The first-order valence-electron chi connectivity index (χ1n) is 6.69. The van der Waals surface area contributed by atoms with Gasteiger partial charge in [0.2, 0.25) is 0 Å². The van der Waals surface area contributed by atoms with E-state index in [0.29, 0.717) is 11.3 Å². The minimum absolute atomic E-state index is 0.555. The summed E-state index contributed by atoms with van der Waals surface area (Å²) in [5, 5.41) is 4.44. The Morgan fingerprint density at radius 1 is 1.18 bits per heavy atom. The highest BCUT2D eigenvalue weighted by Crippen LogP contribution is 2.48. The Kier molecular flexibility index (Phi) is 4.16. The molecule has 0 saturated heterocycles. The highest BCUT2D eigenvalue weighted by atomic mass is 32.2. The second-order valence-electron chi connectivity index (χ2n) is 4.94.